The first-order chi connectivity index (χ1) is 14.1. The molecule has 4 rings (SSSR count). The van der Waals surface area contributed by atoms with Crippen molar-refractivity contribution in [3.05, 3.63) is 54.0 Å². The van der Waals surface area contributed by atoms with E-state index in [0.717, 1.165) is 75.6 Å². The second-order valence-corrected chi connectivity index (χ2v) is 8.10. The van der Waals surface area contributed by atoms with E-state index in [4.69, 9.17) is 0 Å². The van der Waals surface area contributed by atoms with Crippen LogP contribution in [0.2, 0.25) is 0 Å². The van der Waals surface area contributed by atoms with Crippen molar-refractivity contribution in [3.63, 3.8) is 0 Å². The van der Waals surface area contributed by atoms with Gasteiger partial charge in [-0.2, -0.15) is 0 Å². The van der Waals surface area contributed by atoms with Crippen molar-refractivity contribution in [3.8, 4) is 0 Å². The lowest BCUT2D eigenvalue weighted by Gasteiger charge is -2.34. The second-order valence-electron chi connectivity index (χ2n) is 8.10. The van der Waals surface area contributed by atoms with E-state index in [1.807, 2.05) is 30.2 Å². The van der Waals surface area contributed by atoms with Crippen molar-refractivity contribution in [2.24, 2.45) is 5.92 Å². The first-order valence-corrected chi connectivity index (χ1v) is 10.6. The van der Waals surface area contributed by atoms with Gasteiger partial charge in [-0.25, -0.2) is 9.37 Å². The molecular weight excluding hydrogens is 367 g/mol. The van der Waals surface area contributed by atoms with Crippen LogP contribution in [-0.2, 0) is 4.79 Å². The summed E-state index contributed by atoms with van der Waals surface area (Å²) in [5, 5.41) is 0. The third kappa shape index (κ3) is 4.69. The van der Waals surface area contributed by atoms with Gasteiger partial charge >= 0.3 is 0 Å². The van der Waals surface area contributed by atoms with Gasteiger partial charge in [0.1, 0.15) is 11.6 Å². The zero-order valence-electron chi connectivity index (χ0n) is 17.1. The van der Waals surface area contributed by atoms with E-state index in [9.17, 15) is 9.18 Å². The Bertz CT molecular complexity index is 816. The molecule has 2 aromatic rings. The molecule has 0 spiro atoms. The highest BCUT2D eigenvalue weighted by Gasteiger charge is 2.30. The van der Waals surface area contributed by atoms with Gasteiger partial charge in [0.15, 0.2) is 0 Å². The second kappa shape index (κ2) is 8.80. The largest absolute Gasteiger partial charge is 0.370 e. The Hall–Kier alpha value is -2.63. The van der Waals surface area contributed by atoms with Crippen molar-refractivity contribution >= 4 is 17.4 Å². The Kier molecular flexibility index (Phi) is 5.97. The van der Waals surface area contributed by atoms with E-state index in [1.54, 1.807) is 0 Å². The molecule has 0 saturated carbocycles. The van der Waals surface area contributed by atoms with Gasteiger partial charge in [0.25, 0.3) is 0 Å². The number of anilines is 2. The number of aryl methyl sites for hydroxylation is 1. The van der Waals surface area contributed by atoms with Crippen LogP contribution in [0.3, 0.4) is 0 Å². The maximum Gasteiger partial charge on any atom is 0.225 e. The fraction of sp³-hybridized carbons (Fsp3) is 0.478. The molecule has 1 aromatic heterocycles. The molecule has 1 amide bonds. The first kappa shape index (κ1) is 19.7. The number of rotatable bonds is 3. The zero-order chi connectivity index (χ0) is 20.2. The third-order valence-corrected chi connectivity index (χ3v) is 6.06. The molecule has 154 valence electrons. The molecule has 0 atom stereocenters. The van der Waals surface area contributed by atoms with Crippen LogP contribution in [0.4, 0.5) is 15.9 Å². The van der Waals surface area contributed by atoms with Gasteiger partial charge in [-0.15, -0.1) is 0 Å². The SMILES string of the molecule is Cc1ccc(N2CCC(C(=O)N3CCCN(c4ccc(F)cc4)CC3)CC2)nc1. The van der Waals surface area contributed by atoms with Crippen molar-refractivity contribution in [2.75, 3.05) is 49.1 Å². The summed E-state index contributed by atoms with van der Waals surface area (Å²) in [5.41, 5.74) is 2.19. The van der Waals surface area contributed by atoms with E-state index >= 15 is 0 Å². The van der Waals surface area contributed by atoms with Gasteiger partial charge in [0.05, 0.1) is 0 Å². The molecule has 0 radical (unpaired) electrons. The van der Waals surface area contributed by atoms with Gasteiger partial charge in [-0.05, 0) is 62.1 Å². The highest BCUT2D eigenvalue weighted by atomic mass is 19.1. The number of benzene rings is 1. The fourth-order valence-electron chi connectivity index (χ4n) is 4.31. The average molecular weight is 397 g/mol. The van der Waals surface area contributed by atoms with Crippen LogP contribution in [0.25, 0.3) is 0 Å². The van der Waals surface area contributed by atoms with Gasteiger partial charge in [-0.1, -0.05) is 6.07 Å². The number of nitrogens with zero attached hydrogens (tertiary/aromatic N) is 4. The van der Waals surface area contributed by atoms with Crippen LogP contribution in [-0.4, -0.2) is 55.1 Å². The highest BCUT2D eigenvalue weighted by Crippen LogP contribution is 2.25. The summed E-state index contributed by atoms with van der Waals surface area (Å²) in [4.78, 5) is 24.2. The normalized spacial score (nSPS) is 18.6. The van der Waals surface area contributed by atoms with Gasteiger partial charge in [0.2, 0.25) is 5.91 Å². The lowest BCUT2D eigenvalue weighted by molar-refractivity contribution is -0.135. The monoisotopic (exact) mass is 396 g/mol. The van der Waals surface area contributed by atoms with Crippen molar-refractivity contribution < 1.29 is 9.18 Å². The van der Waals surface area contributed by atoms with Crippen LogP contribution < -0.4 is 9.80 Å². The smallest absolute Gasteiger partial charge is 0.225 e. The number of hydrogen-bond acceptors (Lipinski definition) is 4. The van der Waals surface area contributed by atoms with Gasteiger partial charge in [-0.3, -0.25) is 4.79 Å². The van der Waals surface area contributed by atoms with Crippen LogP contribution >= 0.6 is 0 Å². The molecule has 0 aliphatic carbocycles. The number of pyridine rings is 1. The zero-order valence-corrected chi connectivity index (χ0v) is 17.1. The van der Waals surface area contributed by atoms with Crippen molar-refractivity contribution in [2.45, 2.75) is 26.2 Å². The molecule has 1 aromatic carbocycles. The minimum absolute atomic E-state index is 0.106. The predicted octanol–water partition coefficient (Wildman–Crippen LogP) is 3.48. The third-order valence-electron chi connectivity index (χ3n) is 6.06. The van der Waals surface area contributed by atoms with Gasteiger partial charge in [0, 0.05) is 57.1 Å². The quantitative estimate of drug-likeness (QED) is 0.796. The maximum atomic E-state index is 13.2. The minimum Gasteiger partial charge on any atom is -0.370 e. The molecule has 2 saturated heterocycles. The summed E-state index contributed by atoms with van der Waals surface area (Å²) in [7, 11) is 0. The molecule has 5 nitrogen and oxygen atoms in total. The van der Waals surface area contributed by atoms with Crippen LogP contribution in [0.1, 0.15) is 24.8 Å². The molecule has 2 aliphatic rings. The Morgan fingerprint density at radius 2 is 1.69 bits per heavy atom. The number of halogens is 1. The molecule has 3 heterocycles. The van der Waals surface area contributed by atoms with E-state index in [-0.39, 0.29) is 11.7 Å². The molecule has 6 heteroatoms. The van der Waals surface area contributed by atoms with Crippen molar-refractivity contribution in [1.82, 2.24) is 9.88 Å². The summed E-state index contributed by atoms with van der Waals surface area (Å²) >= 11 is 0. The summed E-state index contributed by atoms with van der Waals surface area (Å²) in [6, 6.07) is 10.8. The van der Waals surface area contributed by atoms with Crippen molar-refractivity contribution in [1.29, 1.82) is 0 Å². The minimum atomic E-state index is -0.215. The Morgan fingerprint density at radius 1 is 0.931 bits per heavy atom. The number of carbonyl (C=O) groups is 1. The molecule has 2 fully saturated rings. The number of amides is 1. The maximum absolute atomic E-state index is 13.2. The molecular formula is C23H29FN4O. The fourth-order valence-corrected chi connectivity index (χ4v) is 4.31. The van der Waals surface area contributed by atoms with Crippen LogP contribution in [0.15, 0.2) is 42.6 Å². The van der Waals surface area contributed by atoms with Crippen LogP contribution in [0, 0.1) is 18.7 Å². The molecule has 0 bridgehead atoms. The lowest BCUT2D eigenvalue weighted by Crippen LogP contribution is -2.44. The number of hydrogen-bond donors (Lipinski definition) is 0. The number of carbonyl (C=O) groups excluding carboxylic acids is 1. The lowest BCUT2D eigenvalue weighted by atomic mass is 9.95. The number of aromatic nitrogens is 1. The Balaban J connectivity index is 1.31. The van der Waals surface area contributed by atoms with E-state index in [0.29, 0.717) is 5.91 Å². The molecule has 0 unspecified atom stereocenters. The Morgan fingerprint density at radius 3 is 2.38 bits per heavy atom. The molecule has 0 N–H and O–H groups in total. The highest BCUT2D eigenvalue weighted by molar-refractivity contribution is 5.79. The van der Waals surface area contributed by atoms with E-state index < -0.39 is 0 Å². The van der Waals surface area contributed by atoms with Crippen LogP contribution in [0.5, 0.6) is 0 Å². The molecule has 29 heavy (non-hydrogen) atoms. The summed E-state index contributed by atoms with van der Waals surface area (Å²) < 4.78 is 13.2. The summed E-state index contributed by atoms with van der Waals surface area (Å²) in [6.07, 6.45) is 4.60. The first-order valence-electron chi connectivity index (χ1n) is 10.6. The molecule has 2 aliphatic heterocycles. The van der Waals surface area contributed by atoms with E-state index in [2.05, 4.69) is 26.9 Å². The van der Waals surface area contributed by atoms with Gasteiger partial charge < -0.3 is 14.7 Å². The summed E-state index contributed by atoms with van der Waals surface area (Å²) in [5.74, 6) is 1.19. The summed E-state index contributed by atoms with van der Waals surface area (Å²) in [6.45, 7) is 7.02. The van der Waals surface area contributed by atoms with E-state index in [1.165, 1.54) is 12.1 Å². The predicted molar refractivity (Wildman–Crippen MR) is 114 cm³/mol. The topological polar surface area (TPSA) is 39.7 Å². The number of piperidine rings is 1. The average Bonchev–Trinajstić information content (AvgIpc) is 3.01. The standard InChI is InChI=1S/C23H29FN4O/c1-18-3-8-22(25-17-18)27-13-9-19(10-14-27)23(29)28-12-2-11-26(15-16-28)21-6-4-20(24)5-7-21/h3-8,17,19H,2,9-16H2,1H3. The Labute approximate surface area is 172 Å².